The maximum atomic E-state index is 11.0. The van der Waals surface area contributed by atoms with Crippen LogP contribution in [0.2, 0.25) is 0 Å². The van der Waals surface area contributed by atoms with E-state index in [1.54, 1.807) is 20.8 Å². The molecule has 0 aliphatic carbocycles. The lowest BCUT2D eigenvalue weighted by Gasteiger charge is -2.20. The van der Waals surface area contributed by atoms with E-state index < -0.39 is 17.5 Å². The topological polar surface area (TPSA) is 44.8 Å². The number of esters is 1. The molecule has 1 saturated heterocycles. The first-order valence-corrected chi connectivity index (χ1v) is 3.38. The molecule has 4 heteroatoms. The smallest absolute Gasteiger partial charge is 0.342 e. The monoisotopic (exact) mass is 160 g/mol. The maximum Gasteiger partial charge on any atom is 0.342 e. The fourth-order valence-electron chi connectivity index (χ4n) is 0.901. The molecule has 0 aromatic heterocycles. The van der Waals surface area contributed by atoms with Crippen molar-refractivity contribution in [3.63, 3.8) is 0 Å². The van der Waals surface area contributed by atoms with Gasteiger partial charge in [-0.1, -0.05) is 0 Å². The molecule has 0 saturated carbocycles. The van der Waals surface area contributed by atoms with Gasteiger partial charge in [-0.2, -0.15) is 0 Å². The highest BCUT2D eigenvalue weighted by molar-refractivity contribution is 5.80. The van der Waals surface area contributed by atoms with Crippen LogP contribution in [0.4, 0.5) is 0 Å². The van der Waals surface area contributed by atoms with Gasteiger partial charge in [0.2, 0.25) is 0 Å². The van der Waals surface area contributed by atoms with Gasteiger partial charge >= 0.3 is 11.9 Å². The minimum Gasteiger partial charge on any atom is -0.406 e. The summed E-state index contributed by atoms with van der Waals surface area (Å²) in [6.07, 6.45) is 0. The second-order valence-electron chi connectivity index (χ2n) is 3.07. The van der Waals surface area contributed by atoms with Gasteiger partial charge in [-0.05, 0) is 13.8 Å². The predicted molar refractivity (Wildman–Crippen MR) is 36.7 cm³/mol. The summed E-state index contributed by atoms with van der Waals surface area (Å²) < 4.78 is 14.9. The van der Waals surface area contributed by atoms with E-state index in [-0.39, 0.29) is 0 Å². The van der Waals surface area contributed by atoms with Crippen molar-refractivity contribution in [3.05, 3.63) is 0 Å². The van der Waals surface area contributed by atoms with Gasteiger partial charge in [-0.15, -0.1) is 0 Å². The van der Waals surface area contributed by atoms with E-state index in [1.165, 1.54) is 7.11 Å². The van der Waals surface area contributed by atoms with E-state index in [9.17, 15) is 4.79 Å². The third-order valence-corrected chi connectivity index (χ3v) is 1.58. The highest BCUT2D eigenvalue weighted by Gasteiger charge is 2.50. The molecular formula is C7H12O4. The van der Waals surface area contributed by atoms with Gasteiger partial charge < -0.3 is 9.47 Å². The van der Waals surface area contributed by atoms with Crippen molar-refractivity contribution in [3.8, 4) is 0 Å². The second kappa shape index (κ2) is 2.19. The molecule has 64 valence electrons. The van der Waals surface area contributed by atoms with E-state index in [4.69, 9.17) is 14.2 Å². The lowest BCUT2D eigenvalue weighted by Crippen LogP contribution is -2.32. The van der Waals surface area contributed by atoms with E-state index in [1.807, 2.05) is 0 Å². The lowest BCUT2D eigenvalue weighted by atomic mass is 10.1. The van der Waals surface area contributed by atoms with E-state index >= 15 is 0 Å². The van der Waals surface area contributed by atoms with Gasteiger partial charge in [-0.25, -0.2) is 4.79 Å². The average Bonchev–Trinajstić information content (AvgIpc) is 2.04. The Labute approximate surface area is 65.4 Å². The number of hydrogen-bond donors (Lipinski definition) is 0. The summed E-state index contributed by atoms with van der Waals surface area (Å²) in [7, 11) is 1.43. The third-order valence-electron chi connectivity index (χ3n) is 1.58. The Kier molecular flexibility index (Phi) is 1.69. The summed E-state index contributed by atoms with van der Waals surface area (Å²) in [6, 6.07) is 0. The normalized spacial score (nSPS) is 35.5. The van der Waals surface area contributed by atoms with Crippen LogP contribution in [-0.4, -0.2) is 24.7 Å². The van der Waals surface area contributed by atoms with Gasteiger partial charge in [0.1, 0.15) is 0 Å². The standard InChI is InChI=1S/C7H12O4/c1-6(2)5(8)10-7(3,9-4)11-6/h1-4H3/t7-/m0/s1. The quantitative estimate of drug-likeness (QED) is 0.528. The largest absolute Gasteiger partial charge is 0.406 e. The van der Waals surface area contributed by atoms with Crippen LogP contribution in [0.15, 0.2) is 0 Å². The van der Waals surface area contributed by atoms with Crippen molar-refractivity contribution in [2.75, 3.05) is 7.11 Å². The van der Waals surface area contributed by atoms with E-state index in [0.717, 1.165) is 0 Å². The number of methoxy groups -OCH3 is 1. The van der Waals surface area contributed by atoms with Crippen LogP contribution in [0.1, 0.15) is 20.8 Å². The minimum atomic E-state index is -1.21. The van der Waals surface area contributed by atoms with Gasteiger partial charge in [0.25, 0.3) is 0 Å². The van der Waals surface area contributed by atoms with Crippen molar-refractivity contribution < 1.29 is 19.0 Å². The molecule has 0 radical (unpaired) electrons. The molecule has 1 aliphatic heterocycles. The predicted octanol–water partition coefficient (Wildman–Crippen LogP) is 0.658. The van der Waals surface area contributed by atoms with Crippen LogP contribution < -0.4 is 0 Å². The van der Waals surface area contributed by atoms with Crippen molar-refractivity contribution in [1.82, 2.24) is 0 Å². The highest BCUT2D eigenvalue weighted by Crippen LogP contribution is 2.31. The number of carbonyl (C=O) groups excluding carboxylic acids is 1. The molecule has 0 spiro atoms. The molecule has 0 bridgehead atoms. The van der Waals surface area contributed by atoms with Crippen molar-refractivity contribution in [1.29, 1.82) is 0 Å². The van der Waals surface area contributed by atoms with Crippen LogP contribution in [0.5, 0.6) is 0 Å². The van der Waals surface area contributed by atoms with Gasteiger partial charge in [-0.3, -0.25) is 4.74 Å². The molecule has 1 atom stereocenters. The van der Waals surface area contributed by atoms with Gasteiger partial charge in [0.05, 0.1) is 0 Å². The molecule has 0 unspecified atom stereocenters. The molecule has 0 aromatic rings. The first-order valence-electron chi connectivity index (χ1n) is 3.38. The Bertz CT molecular complexity index is 187. The van der Waals surface area contributed by atoms with Crippen LogP contribution >= 0.6 is 0 Å². The molecule has 1 heterocycles. The fourth-order valence-corrected chi connectivity index (χ4v) is 0.901. The van der Waals surface area contributed by atoms with Crippen molar-refractivity contribution >= 4 is 5.97 Å². The summed E-state index contributed by atoms with van der Waals surface area (Å²) in [5.74, 6) is -1.61. The van der Waals surface area contributed by atoms with Crippen LogP contribution in [0.25, 0.3) is 0 Å². The average molecular weight is 160 g/mol. The molecular weight excluding hydrogens is 148 g/mol. The summed E-state index contributed by atoms with van der Waals surface area (Å²) in [5, 5.41) is 0. The first-order chi connectivity index (χ1) is 4.90. The molecule has 11 heavy (non-hydrogen) atoms. The summed E-state index contributed by atoms with van der Waals surface area (Å²) in [4.78, 5) is 11.0. The van der Waals surface area contributed by atoms with Gasteiger partial charge in [0, 0.05) is 14.0 Å². The third kappa shape index (κ3) is 1.36. The highest BCUT2D eigenvalue weighted by atomic mass is 16.9. The number of cyclic esters (lactones) is 1. The summed E-state index contributed by atoms with van der Waals surface area (Å²) >= 11 is 0. The number of carbonyl (C=O) groups is 1. The summed E-state index contributed by atoms with van der Waals surface area (Å²) in [5.41, 5.74) is -0.898. The van der Waals surface area contributed by atoms with Crippen molar-refractivity contribution in [2.24, 2.45) is 0 Å². The molecule has 4 nitrogen and oxygen atoms in total. The minimum absolute atomic E-state index is 0.401. The molecule has 1 rings (SSSR count). The summed E-state index contributed by atoms with van der Waals surface area (Å²) in [6.45, 7) is 4.83. The first kappa shape index (κ1) is 8.49. The second-order valence-corrected chi connectivity index (χ2v) is 3.07. The number of hydrogen-bond acceptors (Lipinski definition) is 4. The molecule has 0 amide bonds. The maximum absolute atomic E-state index is 11.0. The fraction of sp³-hybridized carbons (Fsp3) is 0.857. The van der Waals surface area contributed by atoms with Crippen LogP contribution in [-0.2, 0) is 19.0 Å². The van der Waals surface area contributed by atoms with E-state index in [2.05, 4.69) is 0 Å². The Balaban J connectivity index is 2.79. The zero-order valence-corrected chi connectivity index (χ0v) is 7.13. The van der Waals surface area contributed by atoms with E-state index in [0.29, 0.717) is 0 Å². The molecule has 1 aliphatic rings. The van der Waals surface area contributed by atoms with Crippen LogP contribution in [0, 0.1) is 0 Å². The molecule has 1 fully saturated rings. The van der Waals surface area contributed by atoms with Gasteiger partial charge in [0.15, 0.2) is 5.60 Å². The Hall–Kier alpha value is -0.610. The SMILES string of the molecule is CO[C@@]1(C)OC(=O)C(C)(C)O1. The lowest BCUT2D eigenvalue weighted by molar-refractivity contribution is -0.317. The van der Waals surface area contributed by atoms with Crippen molar-refractivity contribution in [2.45, 2.75) is 32.3 Å². The van der Waals surface area contributed by atoms with Crippen LogP contribution in [0.3, 0.4) is 0 Å². The zero-order valence-electron chi connectivity index (χ0n) is 7.13. The number of rotatable bonds is 1. The Morgan fingerprint density at radius 1 is 1.36 bits per heavy atom. The zero-order chi connectivity index (χ0) is 8.70. The Morgan fingerprint density at radius 3 is 2.09 bits per heavy atom. The Morgan fingerprint density at radius 2 is 1.91 bits per heavy atom. The molecule has 0 aromatic carbocycles. The molecule has 0 N–H and O–H groups in total. The number of ether oxygens (including phenoxy) is 3.